The fraction of sp³-hybridized carbons (Fsp3) is 0.556. The first kappa shape index (κ1) is 25.2. The number of rotatable bonds is 8. The number of nitrogens with one attached hydrogen (secondary N) is 1. The van der Waals surface area contributed by atoms with Crippen molar-refractivity contribution < 1.29 is 18.7 Å². The molecule has 1 aliphatic carbocycles. The second-order valence-corrected chi connectivity index (χ2v) is 10.5. The van der Waals surface area contributed by atoms with Crippen molar-refractivity contribution in [2.75, 3.05) is 43.0 Å². The molecule has 10 heteroatoms. The maximum Gasteiger partial charge on any atom is 0.273 e. The lowest BCUT2D eigenvalue weighted by atomic mass is 10.1. The highest BCUT2D eigenvalue weighted by atomic mass is 19.1. The van der Waals surface area contributed by atoms with Gasteiger partial charge in [0.25, 0.3) is 5.91 Å². The van der Waals surface area contributed by atoms with Crippen LogP contribution >= 0.6 is 0 Å². The van der Waals surface area contributed by atoms with Crippen LogP contribution in [-0.2, 0) is 11.3 Å². The first-order valence-corrected chi connectivity index (χ1v) is 13.1. The largest absolute Gasteiger partial charge is 0.490 e. The minimum absolute atomic E-state index is 0.0202. The van der Waals surface area contributed by atoms with Gasteiger partial charge in [0.2, 0.25) is 11.9 Å². The molecule has 1 saturated heterocycles. The molecule has 1 aromatic heterocycles. The van der Waals surface area contributed by atoms with Crippen molar-refractivity contribution in [1.82, 2.24) is 19.8 Å². The second kappa shape index (κ2) is 10.1. The Labute approximate surface area is 217 Å². The highest BCUT2D eigenvalue weighted by Crippen LogP contribution is 2.34. The Balaban J connectivity index is 1.39. The molecule has 3 aliphatic rings. The summed E-state index contributed by atoms with van der Waals surface area (Å²) in [5.74, 6) is 1.41. The smallest absolute Gasteiger partial charge is 0.273 e. The van der Waals surface area contributed by atoms with Gasteiger partial charge in [-0.25, -0.2) is 9.37 Å². The molecule has 1 aromatic carbocycles. The Hall–Kier alpha value is -3.43. The van der Waals surface area contributed by atoms with Crippen LogP contribution in [0.4, 0.5) is 16.2 Å². The summed E-state index contributed by atoms with van der Waals surface area (Å²) in [7, 11) is 0. The highest BCUT2D eigenvalue weighted by molar-refractivity contribution is 5.98. The van der Waals surface area contributed by atoms with E-state index in [0.29, 0.717) is 62.7 Å². The van der Waals surface area contributed by atoms with Crippen LogP contribution in [0.15, 0.2) is 18.2 Å². The molecule has 2 aromatic rings. The minimum Gasteiger partial charge on any atom is -0.490 e. The highest BCUT2D eigenvalue weighted by Gasteiger charge is 2.35. The molecule has 2 fully saturated rings. The molecule has 1 saturated carbocycles. The van der Waals surface area contributed by atoms with Crippen LogP contribution in [0.1, 0.15) is 68.2 Å². The van der Waals surface area contributed by atoms with Crippen LogP contribution in [0, 0.1) is 11.7 Å². The van der Waals surface area contributed by atoms with Gasteiger partial charge in [-0.05, 0) is 57.2 Å². The van der Waals surface area contributed by atoms with Crippen molar-refractivity contribution >= 4 is 23.6 Å². The van der Waals surface area contributed by atoms with E-state index in [2.05, 4.69) is 10.3 Å². The minimum atomic E-state index is -0.384. The van der Waals surface area contributed by atoms with Gasteiger partial charge in [0.05, 0.1) is 19.2 Å². The topological polar surface area (TPSA) is 90.9 Å². The quantitative estimate of drug-likeness (QED) is 0.580. The number of hydrogen-bond donors (Lipinski definition) is 1. The normalized spacial score (nSPS) is 18.3. The third-order valence-corrected chi connectivity index (χ3v) is 7.40. The molecule has 1 N–H and O–H groups in total. The molecular weight excluding hydrogens is 475 g/mol. The number of hydrogen-bond acceptors (Lipinski definition) is 7. The summed E-state index contributed by atoms with van der Waals surface area (Å²) in [4.78, 5) is 40.0. The fourth-order valence-corrected chi connectivity index (χ4v) is 4.76. The van der Waals surface area contributed by atoms with Crippen molar-refractivity contribution in [3.05, 3.63) is 40.8 Å². The van der Waals surface area contributed by atoms with E-state index in [4.69, 9.17) is 9.72 Å². The zero-order valence-electron chi connectivity index (χ0n) is 22.0. The number of amides is 2. The Bertz CT molecular complexity index is 1190. The number of nitrogens with zero attached hydrogens (tertiary/aromatic N) is 5. The van der Waals surface area contributed by atoms with Crippen LogP contribution in [0.25, 0.3) is 0 Å². The van der Waals surface area contributed by atoms with Crippen molar-refractivity contribution in [2.45, 2.75) is 59.2 Å². The van der Waals surface area contributed by atoms with Gasteiger partial charge in [0.1, 0.15) is 11.5 Å². The number of ether oxygens (including phenoxy) is 1. The van der Waals surface area contributed by atoms with E-state index >= 15 is 0 Å². The van der Waals surface area contributed by atoms with Gasteiger partial charge in [0.15, 0.2) is 11.6 Å². The lowest BCUT2D eigenvalue weighted by Crippen LogP contribution is -2.48. The van der Waals surface area contributed by atoms with Gasteiger partial charge in [-0.3, -0.25) is 9.59 Å². The second-order valence-electron chi connectivity index (χ2n) is 10.5. The zero-order chi connectivity index (χ0) is 26.3. The Morgan fingerprint density at radius 3 is 2.51 bits per heavy atom. The van der Waals surface area contributed by atoms with Gasteiger partial charge in [-0.15, -0.1) is 0 Å². The van der Waals surface area contributed by atoms with Crippen LogP contribution in [0.5, 0.6) is 5.75 Å². The molecule has 9 nitrogen and oxygen atoms in total. The summed E-state index contributed by atoms with van der Waals surface area (Å²) < 4.78 is 20.4. The van der Waals surface area contributed by atoms with E-state index in [1.165, 1.54) is 6.07 Å². The van der Waals surface area contributed by atoms with Gasteiger partial charge >= 0.3 is 0 Å². The van der Waals surface area contributed by atoms with Crippen LogP contribution in [0.2, 0.25) is 0 Å². The summed E-state index contributed by atoms with van der Waals surface area (Å²) in [5.41, 5.74) is 1.91. The maximum atomic E-state index is 14.8. The van der Waals surface area contributed by atoms with E-state index in [9.17, 15) is 14.0 Å². The summed E-state index contributed by atoms with van der Waals surface area (Å²) in [6.07, 6.45) is 2.30. The van der Waals surface area contributed by atoms with E-state index in [1.54, 1.807) is 22.8 Å². The number of carbonyl (C=O) groups excluding carboxylic acids is 2. The number of anilines is 2. The van der Waals surface area contributed by atoms with E-state index in [0.717, 1.165) is 24.0 Å². The molecule has 1 atom stereocenters. The first-order valence-electron chi connectivity index (χ1n) is 13.1. The number of fused-ring (bicyclic) bond motifs is 1. The van der Waals surface area contributed by atoms with Crippen LogP contribution in [-0.4, -0.2) is 70.4 Å². The number of carbonyl (C=O) groups is 2. The van der Waals surface area contributed by atoms with Crippen LogP contribution in [0.3, 0.4) is 0 Å². The lowest BCUT2D eigenvalue weighted by Gasteiger charge is -2.34. The summed E-state index contributed by atoms with van der Waals surface area (Å²) in [5, 5.41) is 3.42. The number of aromatic nitrogens is 2. The van der Waals surface area contributed by atoms with E-state index in [-0.39, 0.29) is 35.5 Å². The third-order valence-electron chi connectivity index (χ3n) is 7.40. The molecule has 2 amide bonds. The molecule has 0 unspecified atom stereocenters. The molecule has 3 heterocycles. The lowest BCUT2D eigenvalue weighted by molar-refractivity contribution is -0.129. The van der Waals surface area contributed by atoms with Crippen molar-refractivity contribution in [3.63, 3.8) is 0 Å². The molecule has 2 aliphatic heterocycles. The fourth-order valence-electron chi connectivity index (χ4n) is 4.76. The summed E-state index contributed by atoms with van der Waals surface area (Å²) >= 11 is 0. The molecule has 0 bridgehead atoms. The predicted octanol–water partition coefficient (Wildman–Crippen LogP) is 3.61. The zero-order valence-corrected chi connectivity index (χ0v) is 22.0. The van der Waals surface area contributed by atoms with Gasteiger partial charge in [-0.1, -0.05) is 6.07 Å². The van der Waals surface area contributed by atoms with Gasteiger partial charge in [0, 0.05) is 44.7 Å². The molecule has 37 heavy (non-hydrogen) atoms. The number of benzene rings is 1. The third kappa shape index (κ3) is 5.33. The molecule has 198 valence electrons. The predicted molar refractivity (Wildman–Crippen MR) is 138 cm³/mol. The van der Waals surface area contributed by atoms with Crippen molar-refractivity contribution in [1.29, 1.82) is 0 Å². The van der Waals surface area contributed by atoms with E-state index in [1.807, 2.05) is 31.7 Å². The van der Waals surface area contributed by atoms with E-state index < -0.39 is 0 Å². The van der Waals surface area contributed by atoms with Crippen molar-refractivity contribution in [2.24, 2.45) is 5.92 Å². The summed E-state index contributed by atoms with van der Waals surface area (Å²) in [6.45, 7) is 10.8. The Morgan fingerprint density at radius 2 is 1.89 bits per heavy atom. The molecule has 0 radical (unpaired) electrons. The number of piperazine rings is 1. The molecule has 0 spiro atoms. The Kier molecular flexibility index (Phi) is 6.92. The summed E-state index contributed by atoms with van der Waals surface area (Å²) in [6, 6.07) is 4.79. The first-order chi connectivity index (χ1) is 17.7. The van der Waals surface area contributed by atoms with Crippen LogP contribution < -0.4 is 15.0 Å². The molecule has 5 rings (SSSR count). The number of halogens is 1. The van der Waals surface area contributed by atoms with Gasteiger partial charge in [-0.2, -0.15) is 4.98 Å². The SMILES string of the molecule is CC(=O)N1CCN(c2nc(N[C@H](C)c3ccc(OCC4CC4)c(F)c3)c3c(n2)C(=O)N(C(C)C)C3)CC1. The van der Waals surface area contributed by atoms with Crippen molar-refractivity contribution in [3.8, 4) is 5.75 Å². The standard InChI is InChI=1S/C27H35FN6O3/c1-16(2)34-14-21-24(26(34)36)30-27(33-11-9-32(10-12-33)18(4)35)31-25(21)29-17(3)20-7-8-23(22(28)13-20)37-15-19-5-6-19/h7-8,13,16-17,19H,5-6,9-12,14-15H2,1-4H3,(H,29,30,31)/t17-/m1/s1. The average molecular weight is 511 g/mol. The Morgan fingerprint density at radius 1 is 1.16 bits per heavy atom. The van der Waals surface area contributed by atoms with Gasteiger partial charge < -0.3 is 24.8 Å². The molecular formula is C27H35FN6O3. The maximum absolute atomic E-state index is 14.8. The monoisotopic (exact) mass is 510 g/mol. The average Bonchev–Trinajstić information content (AvgIpc) is 3.64.